The summed E-state index contributed by atoms with van der Waals surface area (Å²) in [6.07, 6.45) is 0.678. The first kappa shape index (κ1) is 18.7. The summed E-state index contributed by atoms with van der Waals surface area (Å²) in [6.45, 7) is 5.64. The Morgan fingerprint density at radius 2 is 1.80 bits per heavy atom. The molecule has 3 N–H and O–H groups in total. The van der Waals surface area contributed by atoms with Gasteiger partial charge in [-0.3, -0.25) is 0 Å². The third-order valence-electron chi connectivity index (χ3n) is 3.18. The van der Waals surface area contributed by atoms with E-state index < -0.39 is 17.5 Å². The molecule has 0 rings (SSSR count). The number of nitrogens with zero attached hydrogens (tertiary/aromatic N) is 1. The van der Waals surface area contributed by atoms with Crippen molar-refractivity contribution in [1.29, 1.82) is 0 Å². The maximum Gasteiger partial charge on any atom is 0.329 e. The standard InChI is InChI=1S/C13H27N3O4/c1-5-13(6-2,11(17)18)15-12(19)14-7-9-20-10-8-16(3)4/h5-10H2,1-4H3,(H,17,18)(H2,14,15,19). The summed E-state index contributed by atoms with van der Waals surface area (Å²) in [6, 6.07) is -0.479. The Morgan fingerprint density at radius 3 is 2.25 bits per heavy atom. The largest absolute Gasteiger partial charge is 0.480 e. The average Bonchev–Trinajstić information content (AvgIpc) is 2.39. The van der Waals surface area contributed by atoms with Gasteiger partial charge in [-0.05, 0) is 26.9 Å². The van der Waals surface area contributed by atoms with E-state index >= 15 is 0 Å². The molecular formula is C13H27N3O4. The second-order valence-electron chi connectivity index (χ2n) is 4.89. The van der Waals surface area contributed by atoms with Gasteiger partial charge in [0, 0.05) is 13.1 Å². The number of carboxylic acids is 1. The van der Waals surface area contributed by atoms with E-state index in [-0.39, 0.29) is 0 Å². The van der Waals surface area contributed by atoms with Gasteiger partial charge in [-0.15, -0.1) is 0 Å². The molecule has 7 heteroatoms. The van der Waals surface area contributed by atoms with E-state index in [1.807, 2.05) is 19.0 Å². The van der Waals surface area contributed by atoms with Crippen molar-refractivity contribution in [3.05, 3.63) is 0 Å². The van der Waals surface area contributed by atoms with Crippen LogP contribution >= 0.6 is 0 Å². The van der Waals surface area contributed by atoms with E-state index in [0.717, 1.165) is 6.54 Å². The normalized spacial score (nSPS) is 11.4. The lowest BCUT2D eigenvalue weighted by molar-refractivity contribution is -0.144. The maximum atomic E-state index is 11.7. The Morgan fingerprint density at radius 1 is 1.20 bits per heavy atom. The summed E-state index contributed by atoms with van der Waals surface area (Å²) >= 11 is 0. The Kier molecular flexibility index (Phi) is 8.91. The number of amides is 2. The quantitative estimate of drug-likeness (QED) is 0.510. The van der Waals surface area contributed by atoms with Gasteiger partial charge in [-0.2, -0.15) is 0 Å². The molecule has 118 valence electrons. The minimum Gasteiger partial charge on any atom is -0.480 e. The van der Waals surface area contributed by atoms with Crippen LogP contribution in [0.3, 0.4) is 0 Å². The number of hydrogen-bond donors (Lipinski definition) is 3. The van der Waals surface area contributed by atoms with Crippen LogP contribution < -0.4 is 10.6 Å². The van der Waals surface area contributed by atoms with Crippen LogP contribution in [0.4, 0.5) is 4.79 Å². The molecule has 0 aromatic carbocycles. The van der Waals surface area contributed by atoms with Crippen LogP contribution in [-0.2, 0) is 9.53 Å². The zero-order valence-electron chi connectivity index (χ0n) is 12.9. The third-order valence-corrected chi connectivity index (χ3v) is 3.18. The van der Waals surface area contributed by atoms with Crippen molar-refractivity contribution in [2.24, 2.45) is 0 Å². The van der Waals surface area contributed by atoms with Gasteiger partial charge in [0.25, 0.3) is 0 Å². The number of hydrogen-bond acceptors (Lipinski definition) is 4. The first-order valence-electron chi connectivity index (χ1n) is 6.89. The zero-order chi connectivity index (χ0) is 15.6. The smallest absolute Gasteiger partial charge is 0.329 e. The molecule has 0 bridgehead atoms. The lowest BCUT2D eigenvalue weighted by Crippen LogP contribution is -2.56. The van der Waals surface area contributed by atoms with Gasteiger partial charge in [-0.1, -0.05) is 13.8 Å². The Bertz CT molecular complexity index is 304. The van der Waals surface area contributed by atoms with Gasteiger partial charge in [0.05, 0.1) is 13.2 Å². The van der Waals surface area contributed by atoms with E-state index in [9.17, 15) is 14.7 Å². The predicted octanol–water partition coefficient (Wildman–Crippen LogP) is 0.507. The van der Waals surface area contributed by atoms with Crippen LogP contribution in [0.1, 0.15) is 26.7 Å². The maximum absolute atomic E-state index is 11.7. The number of rotatable bonds is 10. The van der Waals surface area contributed by atoms with Gasteiger partial charge in [-0.25, -0.2) is 9.59 Å². The van der Waals surface area contributed by atoms with E-state index in [4.69, 9.17) is 4.74 Å². The highest BCUT2D eigenvalue weighted by Crippen LogP contribution is 2.14. The molecule has 0 aliphatic rings. The fourth-order valence-corrected chi connectivity index (χ4v) is 1.63. The van der Waals surface area contributed by atoms with E-state index in [1.165, 1.54) is 0 Å². The molecule has 0 aliphatic carbocycles. The Balaban J connectivity index is 3.95. The van der Waals surface area contributed by atoms with Gasteiger partial charge >= 0.3 is 12.0 Å². The first-order chi connectivity index (χ1) is 9.38. The van der Waals surface area contributed by atoms with E-state index in [1.54, 1.807) is 13.8 Å². The molecule has 0 unspecified atom stereocenters. The van der Waals surface area contributed by atoms with Crippen LogP contribution in [0.15, 0.2) is 0 Å². The molecule has 2 amide bonds. The lowest BCUT2D eigenvalue weighted by Gasteiger charge is -2.28. The molecule has 0 spiro atoms. The van der Waals surface area contributed by atoms with Crippen molar-refractivity contribution in [2.75, 3.05) is 40.4 Å². The SMILES string of the molecule is CCC(CC)(NC(=O)NCCOCCN(C)C)C(=O)O. The molecule has 0 aromatic rings. The molecule has 0 heterocycles. The monoisotopic (exact) mass is 289 g/mol. The Hall–Kier alpha value is -1.34. The predicted molar refractivity (Wildman–Crippen MR) is 76.9 cm³/mol. The fourth-order valence-electron chi connectivity index (χ4n) is 1.63. The number of carboxylic acid groups (broad SMARTS) is 1. The number of urea groups is 1. The van der Waals surface area contributed by atoms with Crippen molar-refractivity contribution in [2.45, 2.75) is 32.2 Å². The molecule has 7 nitrogen and oxygen atoms in total. The fraction of sp³-hybridized carbons (Fsp3) is 0.846. The van der Waals surface area contributed by atoms with E-state index in [0.29, 0.717) is 32.6 Å². The molecule has 0 saturated heterocycles. The van der Waals surface area contributed by atoms with Crippen LogP contribution in [0.5, 0.6) is 0 Å². The minimum absolute atomic E-state index is 0.339. The minimum atomic E-state index is -1.20. The zero-order valence-corrected chi connectivity index (χ0v) is 12.9. The summed E-state index contributed by atoms with van der Waals surface area (Å²) in [4.78, 5) is 24.9. The van der Waals surface area contributed by atoms with Crippen LogP contribution in [-0.4, -0.2) is 67.9 Å². The van der Waals surface area contributed by atoms with Crippen LogP contribution in [0.2, 0.25) is 0 Å². The van der Waals surface area contributed by atoms with Gasteiger partial charge in [0.15, 0.2) is 0 Å². The van der Waals surface area contributed by atoms with Crippen molar-refractivity contribution < 1.29 is 19.4 Å². The van der Waals surface area contributed by atoms with Crippen molar-refractivity contribution in [3.8, 4) is 0 Å². The number of carbonyl (C=O) groups is 2. The molecule has 20 heavy (non-hydrogen) atoms. The lowest BCUT2D eigenvalue weighted by atomic mass is 9.93. The van der Waals surface area contributed by atoms with Crippen LogP contribution in [0.25, 0.3) is 0 Å². The average molecular weight is 289 g/mol. The molecule has 0 fully saturated rings. The first-order valence-corrected chi connectivity index (χ1v) is 6.89. The number of nitrogens with one attached hydrogen (secondary N) is 2. The molecule has 0 aromatic heterocycles. The summed E-state index contributed by atoms with van der Waals surface area (Å²) in [5, 5.41) is 14.3. The van der Waals surface area contributed by atoms with Crippen LogP contribution in [0, 0.1) is 0 Å². The number of ether oxygens (including phenoxy) is 1. The summed E-state index contributed by atoms with van der Waals surface area (Å²) in [7, 11) is 3.91. The highest BCUT2D eigenvalue weighted by atomic mass is 16.5. The summed E-state index contributed by atoms with van der Waals surface area (Å²) in [5.74, 6) is -1.01. The van der Waals surface area contributed by atoms with Crippen molar-refractivity contribution in [1.82, 2.24) is 15.5 Å². The van der Waals surface area contributed by atoms with Gasteiger partial charge in [0.1, 0.15) is 5.54 Å². The molecule has 0 saturated carbocycles. The molecule has 0 radical (unpaired) electrons. The summed E-state index contributed by atoms with van der Waals surface area (Å²) < 4.78 is 5.32. The van der Waals surface area contributed by atoms with E-state index in [2.05, 4.69) is 10.6 Å². The topological polar surface area (TPSA) is 90.9 Å². The highest BCUT2D eigenvalue weighted by molar-refractivity contribution is 5.86. The Labute approximate surface area is 120 Å². The van der Waals surface area contributed by atoms with Gasteiger partial charge < -0.3 is 25.4 Å². The third kappa shape index (κ3) is 6.72. The van der Waals surface area contributed by atoms with Crippen molar-refractivity contribution >= 4 is 12.0 Å². The van der Waals surface area contributed by atoms with Crippen molar-refractivity contribution in [3.63, 3.8) is 0 Å². The highest BCUT2D eigenvalue weighted by Gasteiger charge is 2.36. The number of likely N-dealkylation sites (N-methyl/N-ethyl adjacent to an activating group) is 1. The second-order valence-corrected chi connectivity index (χ2v) is 4.89. The summed E-state index contributed by atoms with van der Waals surface area (Å²) in [5.41, 5.74) is -1.20. The van der Waals surface area contributed by atoms with Gasteiger partial charge in [0.2, 0.25) is 0 Å². The molecule has 0 atom stereocenters. The number of aliphatic carboxylic acids is 1. The number of carbonyl (C=O) groups excluding carboxylic acids is 1. The molecule has 0 aliphatic heterocycles. The molecular weight excluding hydrogens is 262 g/mol. The second kappa shape index (κ2) is 9.55.